The topological polar surface area (TPSA) is 38.3 Å². The molecule has 0 radical (unpaired) electrons. The molecule has 188 valence electrons. The summed E-state index contributed by atoms with van der Waals surface area (Å²) in [5, 5.41) is 3.36. The van der Waals surface area contributed by atoms with Crippen LogP contribution in [0.5, 0.6) is 0 Å². The molecule has 4 aliphatic carbocycles. The Morgan fingerprint density at radius 3 is 2.56 bits per heavy atom. The maximum Gasteiger partial charge on any atom is 0.224 e. The number of carbonyl (C=O) groups is 1. The molecule has 0 bridgehead atoms. The number of hydrogen-bond donors (Lipinski definition) is 1. The number of hydrogen-bond acceptors (Lipinski definition) is 2. The zero-order valence-electron chi connectivity index (χ0n) is 21.4. The fourth-order valence-electron chi connectivity index (χ4n) is 9.16. The summed E-state index contributed by atoms with van der Waals surface area (Å²) in [6, 6.07) is 6.58. The van der Waals surface area contributed by atoms with Gasteiger partial charge in [0.05, 0.1) is 6.04 Å². The van der Waals surface area contributed by atoms with Crippen molar-refractivity contribution in [2.45, 2.75) is 84.1 Å². The fourth-order valence-corrected chi connectivity index (χ4v) is 9.16. The molecule has 1 aromatic rings. The van der Waals surface area contributed by atoms with Gasteiger partial charge in [0.25, 0.3) is 0 Å². The molecule has 1 N–H and O–H groups in total. The van der Waals surface area contributed by atoms with E-state index >= 15 is 0 Å². The maximum absolute atomic E-state index is 13.6. The van der Waals surface area contributed by atoms with Crippen molar-refractivity contribution >= 4 is 5.91 Å². The van der Waals surface area contributed by atoms with Gasteiger partial charge in [0.15, 0.2) is 0 Å². The maximum atomic E-state index is 13.6. The van der Waals surface area contributed by atoms with Gasteiger partial charge in [-0.05, 0) is 123 Å². The lowest BCUT2D eigenvalue weighted by molar-refractivity contribution is -0.133. The first-order valence-electron chi connectivity index (χ1n) is 14.0. The highest BCUT2D eigenvalue weighted by molar-refractivity contribution is 5.80. The molecule has 0 aliphatic heterocycles. The number of carbonyl (C=O) groups excluding carboxylic acids is 1. The molecule has 4 saturated carbocycles. The van der Waals surface area contributed by atoms with Gasteiger partial charge in [-0.3, -0.25) is 4.79 Å². The van der Waals surface area contributed by atoms with E-state index in [9.17, 15) is 9.18 Å². The Morgan fingerprint density at radius 2 is 1.82 bits per heavy atom. The van der Waals surface area contributed by atoms with Crippen LogP contribution in [-0.2, 0) is 9.53 Å². The minimum Gasteiger partial charge on any atom is -0.384 e. The molecule has 1 aromatic carbocycles. The van der Waals surface area contributed by atoms with E-state index in [1.54, 1.807) is 0 Å². The van der Waals surface area contributed by atoms with Gasteiger partial charge in [0, 0.05) is 19.6 Å². The molecule has 3 nitrogen and oxygen atoms in total. The first-order valence-corrected chi connectivity index (χ1v) is 14.0. The van der Waals surface area contributed by atoms with Crippen LogP contribution in [0.1, 0.15) is 89.7 Å². The lowest BCUT2D eigenvalue weighted by atomic mass is 9.49. The van der Waals surface area contributed by atoms with Crippen molar-refractivity contribution in [3.8, 4) is 0 Å². The van der Waals surface area contributed by atoms with Crippen molar-refractivity contribution in [3.05, 3.63) is 35.6 Å². The van der Waals surface area contributed by atoms with E-state index in [0.717, 1.165) is 54.6 Å². The molecular weight excluding hydrogens is 425 g/mol. The van der Waals surface area contributed by atoms with Crippen LogP contribution in [0.3, 0.4) is 0 Å². The smallest absolute Gasteiger partial charge is 0.224 e. The summed E-state index contributed by atoms with van der Waals surface area (Å²) in [5.41, 5.74) is 1.13. The summed E-state index contributed by atoms with van der Waals surface area (Å²) in [6.45, 7) is 5.47. The Kier molecular flexibility index (Phi) is 7.08. The van der Waals surface area contributed by atoms with E-state index in [4.69, 9.17) is 4.74 Å². The molecule has 4 heteroatoms. The third kappa shape index (κ3) is 4.33. The van der Waals surface area contributed by atoms with Gasteiger partial charge in [-0.15, -0.1) is 0 Å². The number of nitrogens with one attached hydrogen (secondary N) is 1. The molecule has 1 amide bonds. The molecule has 0 heterocycles. The largest absolute Gasteiger partial charge is 0.384 e. The standard InChI is InChI=1S/C30H44FNO2/c1-4-28(20-6-9-22(31)10-7-20)32-29(33)27-14-13-26-25-12-8-21-17-19(18-34-3)5-11-23(21)24(25)15-16-30(26,27)2/h6-7,9-10,19,21,23-28H,4-5,8,11-18H2,1-3H3,(H,32,33). The third-order valence-corrected chi connectivity index (χ3v) is 10.8. The van der Waals surface area contributed by atoms with Gasteiger partial charge >= 0.3 is 0 Å². The molecule has 5 rings (SSSR count). The zero-order valence-corrected chi connectivity index (χ0v) is 21.4. The molecular formula is C30H44FNO2. The van der Waals surface area contributed by atoms with E-state index in [-0.39, 0.29) is 29.1 Å². The second kappa shape index (κ2) is 9.91. The minimum absolute atomic E-state index is 0.0372. The van der Waals surface area contributed by atoms with Crippen LogP contribution in [0.15, 0.2) is 24.3 Å². The average Bonchev–Trinajstić information content (AvgIpc) is 3.20. The van der Waals surface area contributed by atoms with E-state index in [1.807, 2.05) is 19.2 Å². The van der Waals surface area contributed by atoms with Gasteiger partial charge in [-0.2, -0.15) is 0 Å². The predicted octanol–water partition coefficient (Wildman–Crippen LogP) is 6.92. The first-order chi connectivity index (χ1) is 16.4. The predicted molar refractivity (Wildman–Crippen MR) is 134 cm³/mol. The molecule has 0 spiro atoms. The Balaban J connectivity index is 1.26. The SMILES string of the molecule is CCC(NC(=O)C1CCC2C3CCC4CC(COC)CCC4C3CCC12C)c1ccc(F)cc1. The summed E-state index contributed by atoms with van der Waals surface area (Å²) < 4.78 is 18.9. The molecule has 4 aliphatic rings. The monoisotopic (exact) mass is 469 g/mol. The number of halogens is 1. The van der Waals surface area contributed by atoms with Crippen molar-refractivity contribution < 1.29 is 13.9 Å². The van der Waals surface area contributed by atoms with Crippen LogP contribution >= 0.6 is 0 Å². The summed E-state index contributed by atoms with van der Waals surface area (Å²) in [7, 11) is 1.85. The Bertz CT molecular complexity index is 856. The van der Waals surface area contributed by atoms with Gasteiger partial charge in [0.1, 0.15) is 5.82 Å². The lowest BCUT2D eigenvalue weighted by Crippen LogP contribution is -2.50. The summed E-state index contributed by atoms with van der Waals surface area (Å²) in [6.07, 6.45) is 12.4. The van der Waals surface area contributed by atoms with Gasteiger partial charge in [-0.1, -0.05) is 26.0 Å². The van der Waals surface area contributed by atoms with Crippen molar-refractivity contribution in [2.24, 2.45) is 46.8 Å². The summed E-state index contributed by atoms with van der Waals surface area (Å²) in [5.74, 6) is 5.09. The van der Waals surface area contributed by atoms with Gasteiger partial charge < -0.3 is 10.1 Å². The second-order valence-electron chi connectivity index (χ2n) is 12.3. The molecule has 4 fully saturated rings. The normalized spacial score (nSPS) is 40.1. The number of methoxy groups -OCH3 is 1. The van der Waals surface area contributed by atoms with Crippen LogP contribution in [0.2, 0.25) is 0 Å². The number of ether oxygens (including phenoxy) is 1. The van der Waals surface area contributed by atoms with Crippen LogP contribution < -0.4 is 5.32 Å². The van der Waals surface area contributed by atoms with E-state index < -0.39 is 0 Å². The third-order valence-electron chi connectivity index (χ3n) is 10.8. The quantitative estimate of drug-likeness (QED) is 0.491. The highest BCUT2D eigenvalue weighted by Crippen LogP contribution is 2.64. The molecule has 0 aromatic heterocycles. The van der Waals surface area contributed by atoms with Crippen LogP contribution in [0.4, 0.5) is 4.39 Å². The van der Waals surface area contributed by atoms with Crippen molar-refractivity contribution in [1.82, 2.24) is 5.32 Å². The number of fused-ring (bicyclic) bond motifs is 5. The van der Waals surface area contributed by atoms with Crippen molar-refractivity contribution in [2.75, 3.05) is 13.7 Å². The summed E-state index contributed by atoms with van der Waals surface area (Å²) >= 11 is 0. The number of rotatable bonds is 6. The second-order valence-corrected chi connectivity index (χ2v) is 12.3. The van der Waals surface area contributed by atoms with E-state index in [1.165, 1.54) is 63.5 Å². The van der Waals surface area contributed by atoms with Crippen molar-refractivity contribution in [3.63, 3.8) is 0 Å². The van der Waals surface area contributed by atoms with Gasteiger partial charge in [-0.25, -0.2) is 4.39 Å². The highest BCUT2D eigenvalue weighted by Gasteiger charge is 2.58. The van der Waals surface area contributed by atoms with Crippen LogP contribution in [-0.4, -0.2) is 19.6 Å². The summed E-state index contributed by atoms with van der Waals surface area (Å²) in [4.78, 5) is 13.6. The highest BCUT2D eigenvalue weighted by atomic mass is 19.1. The van der Waals surface area contributed by atoms with E-state index in [0.29, 0.717) is 5.92 Å². The molecule has 9 atom stereocenters. The molecule has 34 heavy (non-hydrogen) atoms. The van der Waals surface area contributed by atoms with Crippen LogP contribution in [0, 0.1) is 52.7 Å². The minimum atomic E-state index is -0.227. The molecule has 0 saturated heterocycles. The van der Waals surface area contributed by atoms with Crippen LogP contribution in [0.25, 0.3) is 0 Å². The zero-order chi connectivity index (χ0) is 23.9. The Hall–Kier alpha value is -1.42. The fraction of sp³-hybridized carbons (Fsp3) is 0.767. The Labute approximate surface area is 205 Å². The lowest BCUT2D eigenvalue weighted by Gasteiger charge is -2.56. The Morgan fingerprint density at radius 1 is 1.06 bits per heavy atom. The van der Waals surface area contributed by atoms with Gasteiger partial charge in [0.2, 0.25) is 5.91 Å². The van der Waals surface area contributed by atoms with E-state index in [2.05, 4.69) is 19.2 Å². The average molecular weight is 470 g/mol. The first kappa shape index (κ1) is 24.3. The number of benzene rings is 1. The van der Waals surface area contributed by atoms with Crippen molar-refractivity contribution in [1.29, 1.82) is 0 Å². The molecule has 9 unspecified atom stereocenters. The number of amides is 1.